The molecule has 1 aromatic rings. The van der Waals surface area contributed by atoms with Crippen molar-refractivity contribution in [2.24, 2.45) is 0 Å². The van der Waals surface area contributed by atoms with Crippen LogP contribution in [0.5, 0.6) is 0 Å². The number of carboxylic acid groups (broad SMARTS) is 1. The first-order valence-corrected chi connectivity index (χ1v) is 6.06. The van der Waals surface area contributed by atoms with Crippen LogP contribution < -0.4 is 5.32 Å². The van der Waals surface area contributed by atoms with Gasteiger partial charge in [0.05, 0.1) is 0 Å². The number of nitrogens with zero attached hydrogens (tertiary/aromatic N) is 1. The van der Waals surface area contributed by atoms with Crippen molar-refractivity contribution in [3.63, 3.8) is 0 Å². The number of rotatable bonds is 2. The van der Waals surface area contributed by atoms with Gasteiger partial charge in [0, 0.05) is 25.2 Å². The van der Waals surface area contributed by atoms with Gasteiger partial charge in [-0.15, -0.1) is 0 Å². The number of carbonyl (C=O) groups is 1. The molecule has 90 valence electrons. The molecule has 2 N–H and O–H groups in total. The maximum Gasteiger partial charge on any atom is 0.407 e. The summed E-state index contributed by atoms with van der Waals surface area (Å²) in [5, 5.41) is 12.3. The van der Waals surface area contributed by atoms with Crippen LogP contribution in [-0.4, -0.2) is 35.2 Å². The van der Waals surface area contributed by atoms with Gasteiger partial charge < -0.3 is 15.3 Å². The van der Waals surface area contributed by atoms with Gasteiger partial charge in [0.2, 0.25) is 0 Å². The van der Waals surface area contributed by atoms with E-state index in [-0.39, 0.29) is 0 Å². The maximum atomic E-state index is 10.7. The fourth-order valence-electron chi connectivity index (χ4n) is 2.75. The predicted molar refractivity (Wildman–Crippen MR) is 64.0 cm³/mol. The molecule has 1 fully saturated rings. The minimum absolute atomic E-state index is 0.322. The van der Waals surface area contributed by atoms with Crippen LogP contribution in [0.2, 0.25) is 0 Å². The van der Waals surface area contributed by atoms with Gasteiger partial charge in [-0.25, -0.2) is 4.79 Å². The zero-order valence-corrected chi connectivity index (χ0v) is 9.60. The van der Waals surface area contributed by atoms with Crippen molar-refractivity contribution in [3.8, 4) is 0 Å². The predicted octanol–water partition coefficient (Wildman–Crippen LogP) is 1.63. The molecule has 0 saturated carbocycles. The largest absolute Gasteiger partial charge is 0.465 e. The van der Waals surface area contributed by atoms with E-state index in [9.17, 15) is 4.79 Å². The molecule has 1 aliphatic heterocycles. The van der Waals surface area contributed by atoms with Crippen LogP contribution >= 0.6 is 0 Å². The lowest BCUT2D eigenvalue weighted by Crippen LogP contribution is -2.59. The normalized spacial score (nSPS) is 23.3. The first kappa shape index (κ1) is 10.6. The molecule has 0 spiro atoms. The van der Waals surface area contributed by atoms with Crippen molar-refractivity contribution in [2.45, 2.75) is 24.9 Å². The molecular weight excluding hydrogens is 216 g/mol. The smallest absolute Gasteiger partial charge is 0.407 e. The third-order valence-corrected chi connectivity index (χ3v) is 3.72. The van der Waals surface area contributed by atoms with Crippen molar-refractivity contribution >= 4 is 6.09 Å². The van der Waals surface area contributed by atoms with Crippen LogP contribution in [0.4, 0.5) is 4.79 Å². The molecule has 0 aromatic heterocycles. The second kappa shape index (κ2) is 4.04. The van der Waals surface area contributed by atoms with Crippen LogP contribution in [0.15, 0.2) is 24.3 Å². The second-order valence-electron chi connectivity index (χ2n) is 4.84. The van der Waals surface area contributed by atoms with Crippen molar-refractivity contribution in [2.75, 3.05) is 13.1 Å². The molecular formula is C13H16N2O2. The van der Waals surface area contributed by atoms with Crippen molar-refractivity contribution in [3.05, 3.63) is 35.4 Å². The Labute approximate surface area is 100 Å². The SMILES string of the molecule is O=C(O)N1CC(NC2CCc3ccccc32)C1. The van der Waals surface area contributed by atoms with Crippen LogP contribution in [0.3, 0.4) is 0 Å². The Kier molecular flexibility index (Phi) is 2.52. The summed E-state index contributed by atoms with van der Waals surface area (Å²) in [6, 6.07) is 9.24. The van der Waals surface area contributed by atoms with E-state index in [1.54, 1.807) is 0 Å². The molecule has 1 heterocycles. The molecule has 0 bridgehead atoms. The molecule has 4 heteroatoms. The first-order chi connectivity index (χ1) is 8.24. The van der Waals surface area contributed by atoms with Crippen LogP contribution in [-0.2, 0) is 6.42 Å². The molecule has 1 unspecified atom stereocenters. The second-order valence-corrected chi connectivity index (χ2v) is 4.84. The van der Waals surface area contributed by atoms with Crippen LogP contribution in [0.25, 0.3) is 0 Å². The summed E-state index contributed by atoms with van der Waals surface area (Å²) in [5.41, 5.74) is 2.82. The topological polar surface area (TPSA) is 52.6 Å². The first-order valence-electron chi connectivity index (χ1n) is 6.06. The van der Waals surface area contributed by atoms with Gasteiger partial charge in [-0.3, -0.25) is 0 Å². The summed E-state index contributed by atoms with van der Waals surface area (Å²) in [6.45, 7) is 1.24. The molecule has 0 radical (unpaired) electrons. The zero-order valence-electron chi connectivity index (χ0n) is 9.60. The summed E-state index contributed by atoms with van der Waals surface area (Å²) >= 11 is 0. The van der Waals surface area contributed by atoms with E-state index in [0.717, 1.165) is 12.8 Å². The minimum Gasteiger partial charge on any atom is -0.465 e. The van der Waals surface area contributed by atoms with E-state index in [1.807, 2.05) is 0 Å². The lowest BCUT2D eigenvalue weighted by Gasteiger charge is -2.39. The van der Waals surface area contributed by atoms with E-state index in [4.69, 9.17) is 5.11 Å². The molecule has 17 heavy (non-hydrogen) atoms. The summed E-state index contributed by atoms with van der Waals surface area (Å²) in [6.07, 6.45) is 1.45. The van der Waals surface area contributed by atoms with Crippen LogP contribution in [0, 0.1) is 0 Å². The highest BCUT2D eigenvalue weighted by Gasteiger charge is 2.33. The Morgan fingerprint density at radius 1 is 1.35 bits per heavy atom. The Hall–Kier alpha value is -1.55. The number of aryl methyl sites for hydroxylation is 1. The lowest BCUT2D eigenvalue weighted by molar-refractivity contribution is 0.0919. The highest BCUT2D eigenvalue weighted by atomic mass is 16.4. The summed E-state index contributed by atoms with van der Waals surface area (Å²) < 4.78 is 0. The average Bonchev–Trinajstić information content (AvgIpc) is 2.65. The Bertz CT molecular complexity index is 441. The van der Waals surface area contributed by atoms with Gasteiger partial charge in [-0.2, -0.15) is 0 Å². The van der Waals surface area contributed by atoms with E-state index >= 15 is 0 Å². The number of amides is 1. The molecule has 4 nitrogen and oxygen atoms in total. The van der Waals surface area contributed by atoms with Crippen molar-refractivity contribution in [1.29, 1.82) is 0 Å². The molecule has 1 amide bonds. The van der Waals surface area contributed by atoms with Gasteiger partial charge in [-0.05, 0) is 24.0 Å². The fraction of sp³-hybridized carbons (Fsp3) is 0.462. The number of hydrogen-bond donors (Lipinski definition) is 2. The Morgan fingerprint density at radius 3 is 2.88 bits per heavy atom. The van der Waals surface area contributed by atoms with E-state index in [1.165, 1.54) is 16.0 Å². The molecule has 1 atom stereocenters. The zero-order chi connectivity index (χ0) is 11.8. The molecule has 1 aromatic carbocycles. The molecule has 1 saturated heterocycles. The highest BCUT2D eigenvalue weighted by molar-refractivity contribution is 5.66. The quantitative estimate of drug-likeness (QED) is 0.814. The van der Waals surface area contributed by atoms with Gasteiger partial charge in [0.1, 0.15) is 0 Å². The average molecular weight is 232 g/mol. The minimum atomic E-state index is -0.810. The van der Waals surface area contributed by atoms with Crippen molar-refractivity contribution in [1.82, 2.24) is 10.2 Å². The number of nitrogens with one attached hydrogen (secondary N) is 1. The maximum absolute atomic E-state index is 10.7. The monoisotopic (exact) mass is 232 g/mol. The standard InChI is InChI=1S/C13H16N2O2/c16-13(17)15-7-10(8-15)14-12-6-5-9-3-1-2-4-11(9)12/h1-4,10,12,14H,5-8H2,(H,16,17). The lowest BCUT2D eigenvalue weighted by atomic mass is 10.0. The Morgan fingerprint density at radius 2 is 2.12 bits per heavy atom. The fourth-order valence-corrected chi connectivity index (χ4v) is 2.75. The van der Waals surface area contributed by atoms with Gasteiger partial charge in [0.15, 0.2) is 0 Å². The molecule has 1 aliphatic carbocycles. The van der Waals surface area contributed by atoms with Crippen LogP contribution in [0.1, 0.15) is 23.6 Å². The van der Waals surface area contributed by atoms with Gasteiger partial charge in [-0.1, -0.05) is 24.3 Å². The van der Waals surface area contributed by atoms with Gasteiger partial charge >= 0.3 is 6.09 Å². The van der Waals surface area contributed by atoms with E-state index in [2.05, 4.69) is 29.6 Å². The van der Waals surface area contributed by atoms with Crippen molar-refractivity contribution < 1.29 is 9.90 Å². The van der Waals surface area contributed by atoms with Gasteiger partial charge in [0.25, 0.3) is 0 Å². The van der Waals surface area contributed by atoms with E-state index < -0.39 is 6.09 Å². The molecule has 3 rings (SSSR count). The van der Waals surface area contributed by atoms with E-state index in [0.29, 0.717) is 25.2 Å². The number of benzene rings is 1. The highest BCUT2D eigenvalue weighted by Crippen LogP contribution is 2.31. The molecule has 2 aliphatic rings. The third-order valence-electron chi connectivity index (χ3n) is 3.72. The summed E-state index contributed by atoms with van der Waals surface area (Å²) in [7, 11) is 0. The Balaban J connectivity index is 1.60. The number of likely N-dealkylation sites (tertiary alicyclic amines) is 1. The summed E-state index contributed by atoms with van der Waals surface area (Å²) in [5.74, 6) is 0. The summed E-state index contributed by atoms with van der Waals surface area (Å²) in [4.78, 5) is 12.1. The number of fused-ring (bicyclic) bond motifs is 1. The number of hydrogen-bond acceptors (Lipinski definition) is 2. The third kappa shape index (κ3) is 1.89.